The maximum atomic E-state index is 9.60. The van der Waals surface area contributed by atoms with Crippen molar-refractivity contribution in [2.45, 2.75) is 19.4 Å². The van der Waals surface area contributed by atoms with Crippen molar-refractivity contribution in [3.8, 4) is 0 Å². The van der Waals surface area contributed by atoms with Gasteiger partial charge in [-0.05, 0) is 17.5 Å². The summed E-state index contributed by atoms with van der Waals surface area (Å²) in [7, 11) is 0. The molecule has 17 heavy (non-hydrogen) atoms. The first-order valence-corrected chi connectivity index (χ1v) is 6.49. The second kappa shape index (κ2) is 6.15. The first-order valence-electron chi connectivity index (χ1n) is 6.49. The smallest absolute Gasteiger partial charge is 0.0628 e. The SMILES string of the molecule is CCc1ccc([C@H](CO)N2CCNCC2)cc1. The lowest BCUT2D eigenvalue weighted by molar-refractivity contribution is 0.111. The molecule has 1 aromatic rings. The molecule has 2 rings (SSSR count). The first-order chi connectivity index (χ1) is 8.35. The summed E-state index contributed by atoms with van der Waals surface area (Å²) in [5.41, 5.74) is 2.58. The van der Waals surface area contributed by atoms with Gasteiger partial charge in [0, 0.05) is 26.2 Å². The Morgan fingerprint density at radius 3 is 2.41 bits per heavy atom. The molecule has 0 aromatic heterocycles. The average Bonchev–Trinajstić information content (AvgIpc) is 2.42. The number of aliphatic hydroxyl groups is 1. The van der Waals surface area contributed by atoms with E-state index in [4.69, 9.17) is 0 Å². The van der Waals surface area contributed by atoms with Crippen LogP contribution in [-0.4, -0.2) is 42.8 Å². The molecule has 0 unspecified atom stereocenters. The second-order valence-corrected chi connectivity index (χ2v) is 4.58. The minimum Gasteiger partial charge on any atom is -0.394 e. The largest absolute Gasteiger partial charge is 0.394 e. The summed E-state index contributed by atoms with van der Waals surface area (Å²) >= 11 is 0. The van der Waals surface area contributed by atoms with Crippen LogP contribution in [0.15, 0.2) is 24.3 Å². The van der Waals surface area contributed by atoms with E-state index in [1.54, 1.807) is 0 Å². The molecule has 2 N–H and O–H groups in total. The van der Waals surface area contributed by atoms with Crippen LogP contribution in [0.5, 0.6) is 0 Å². The van der Waals surface area contributed by atoms with Crippen LogP contribution < -0.4 is 5.32 Å². The number of piperazine rings is 1. The van der Waals surface area contributed by atoms with Crippen molar-refractivity contribution in [1.82, 2.24) is 10.2 Å². The third-order valence-electron chi connectivity index (χ3n) is 3.54. The van der Waals surface area contributed by atoms with Crippen LogP contribution in [0.2, 0.25) is 0 Å². The van der Waals surface area contributed by atoms with Crippen molar-refractivity contribution >= 4 is 0 Å². The summed E-state index contributed by atoms with van der Waals surface area (Å²) in [4.78, 5) is 2.36. The van der Waals surface area contributed by atoms with Gasteiger partial charge in [-0.25, -0.2) is 0 Å². The third-order valence-corrected chi connectivity index (χ3v) is 3.54. The van der Waals surface area contributed by atoms with Crippen LogP contribution in [0.4, 0.5) is 0 Å². The van der Waals surface area contributed by atoms with E-state index >= 15 is 0 Å². The fourth-order valence-electron chi connectivity index (χ4n) is 2.40. The van der Waals surface area contributed by atoms with E-state index in [-0.39, 0.29) is 12.6 Å². The molecule has 1 saturated heterocycles. The molecule has 1 fully saturated rings. The number of benzene rings is 1. The number of hydrogen-bond acceptors (Lipinski definition) is 3. The molecular formula is C14H22N2O. The zero-order valence-corrected chi connectivity index (χ0v) is 10.5. The molecule has 3 heteroatoms. The Labute approximate surface area is 103 Å². The highest BCUT2D eigenvalue weighted by molar-refractivity contribution is 5.25. The van der Waals surface area contributed by atoms with Crippen LogP contribution >= 0.6 is 0 Å². The van der Waals surface area contributed by atoms with Crippen molar-refractivity contribution in [2.24, 2.45) is 0 Å². The number of nitrogens with one attached hydrogen (secondary N) is 1. The number of rotatable bonds is 4. The van der Waals surface area contributed by atoms with Gasteiger partial charge in [0.05, 0.1) is 12.6 Å². The molecule has 1 aliphatic rings. The van der Waals surface area contributed by atoms with Gasteiger partial charge in [0.25, 0.3) is 0 Å². The van der Waals surface area contributed by atoms with Crippen LogP contribution in [0.25, 0.3) is 0 Å². The fraction of sp³-hybridized carbons (Fsp3) is 0.571. The second-order valence-electron chi connectivity index (χ2n) is 4.58. The summed E-state index contributed by atoms with van der Waals surface area (Å²) < 4.78 is 0. The van der Waals surface area contributed by atoms with E-state index in [0.29, 0.717) is 0 Å². The number of aliphatic hydroxyl groups excluding tert-OH is 1. The highest BCUT2D eigenvalue weighted by Gasteiger charge is 2.20. The zero-order valence-electron chi connectivity index (χ0n) is 10.5. The molecule has 3 nitrogen and oxygen atoms in total. The monoisotopic (exact) mass is 234 g/mol. The lowest BCUT2D eigenvalue weighted by Gasteiger charge is -2.34. The quantitative estimate of drug-likeness (QED) is 0.821. The molecule has 1 aromatic carbocycles. The first kappa shape index (κ1) is 12.6. The van der Waals surface area contributed by atoms with Crippen molar-refractivity contribution in [3.05, 3.63) is 35.4 Å². The van der Waals surface area contributed by atoms with Gasteiger partial charge in [-0.3, -0.25) is 4.90 Å². The summed E-state index contributed by atoms with van der Waals surface area (Å²) in [5.74, 6) is 0. The van der Waals surface area contributed by atoms with Crippen LogP contribution in [-0.2, 0) is 6.42 Å². The maximum absolute atomic E-state index is 9.60. The molecule has 0 aliphatic carbocycles. The van der Waals surface area contributed by atoms with E-state index in [2.05, 4.69) is 41.4 Å². The number of aryl methyl sites for hydroxylation is 1. The lowest BCUT2D eigenvalue weighted by atomic mass is 10.0. The predicted octanol–water partition coefficient (Wildman–Crippen LogP) is 1.19. The minimum absolute atomic E-state index is 0.156. The van der Waals surface area contributed by atoms with Gasteiger partial charge >= 0.3 is 0 Å². The van der Waals surface area contributed by atoms with Gasteiger partial charge < -0.3 is 10.4 Å². The van der Waals surface area contributed by atoms with Gasteiger partial charge in [-0.15, -0.1) is 0 Å². The summed E-state index contributed by atoms with van der Waals surface area (Å²) in [6, 6.07) is 8.80. The van der Waals surface area contributed by atoms with Gasteiger partial charge in [-0.2, -0.15) is 0 Å². The summed E-state index contributed by atoms with van der Waals surface area (Å²) in [6.07, 6.45) is 1.07. The topological polar surface area (TPSA) is 35.5 Å². The third kappa shape index (κ3) is 3.06. The molecule has 0 saturated carbocycles. The normalized spacial score (nSPS) is 19.2. The van der Waals surface area contributed by atoms with E-state index < -0.39 is 0 Å². The average molecular weight is 234 g/mol. The molecule has 94 valence electrons. The maximum Gasteiger partial charge on any atom is 0.0628 e. The van der Waals surface area contributed by atoms with Crippen molar-refractivity contribution < 1.29 is 5.11 Å². The predicted molar refractivity (Wildman–Crippen MR) is 70.1 cm³/mol. The molecule has 1 aliphatic heterocycles. The molecule has 1 heterocycles. The van der Waals surface area contributed by atoms with Crippen LogP contribution in [0, 0.1) is 0 Å². The van der Waals surface area contributed by atoms with Gasteiger partial charge in [-0.1, -0.05) is 31.2 Å². The molecule has 0 bridgehead atoms. The van der Waals surface area contributed by atoms with E-state index in [0.717, 1.165) is 32.6 Å². The van der Waals surface area contributed by atoms with Gasteiger partial charge in [0.2, 0.25) is 0 Å². The standard InChI is InChI=1S/C14H22N2O/c1-2-12-3-5-13(6-4-12)14(11-17)16-9-7-15-8-10-16/h3-6,14-15,17H,2,7-11H2,1H3/t14-/m0/s1. The Kier molecular flexibility index (Phi) is 4.54. The molecule has 0 radical (unpaired) electrons. The highest BCUT2D eigenvalue weighted by Crippen LogP contribution is 2.21. The molecule has 0 spiro atoms. The van der Waals surface area contributed by atoms with E-state index in [9.17, 15) is 5.11 Å². The molecular weight excluding hydrogens is 212 g/mol. The Balaban J connectivity index is 2.10. The number of nitrogens with zero attached hydrogens (tertiary/aromatic N) is 1. The van der Waals surface area contributed by atoms with E-state index in [1.807, 2.05) is 0 Å². The van der Waals surface area contributed by atoms with E-state index in [1.165, 1.54) is 11.1 Å². The molecule has 0 amide bonds. The number of hydrogen-bond donors (Lipinski definition) is 2. The van der Waals surface area contributed by atoms with Crippen molar-refractivity contribution in [1.29, 1.82) is 0 Å². The Bertz CT molecular complexity index is 331. The van der Waals surface area contributed by atoms with Gasteiger partial charge in [0.15, 0.2) is 0 Å². The Morgan fingerprint density at radius 1 is 1.24 bits per heavy atom. The Hall–Kier alpha value is -0.900. The molecule has 1 atom stereocenters. The van der Waals surface area contributed by atoms with Crippen molar-refractivity contribution in [2.75, 3.05) is 32.8 Å². The van der Waals surface area contributed by atoms with Crippen LogP contribution in [0.3, 0.4) is 0 Å². The summed E-state index contributed by atoms with van der Waals surface area (Å²) in [5, 5.41) is 12.9. The van der Waals surface area contributed by atoms with Crippen molar-refractivity contribution in [3.63, 3.8) is 0 Å². The lowest BCUT2D eigenvalue weighted by Crippen LogP contribution is -2.46. The van der Waals surface area contributed by atoms with Crippen LogP contribution in [0.1, 0.15) is 24.1 Å². The minimum atomic E-state index is 0.156. The Morgan fingerprint density at radius 2 is 1.88 bits per heavy atom. The fourth-order valence-corrected chi connectivity index (χ4v) is 2.40. The zero-order chi connectivity index (χ0) is 12.1. The van der Waals surface area contributed by atoms with Gasteiger partial charge in [0.1, 0.15) is 0 Å². The summed E-state index contributed by atoms with van der Waals surface area (Å²) in [6.45, 7) is 6.43. The highest BCUT2D eigenvalue weighted by atomic mass is 16.3.